The van der Waals surface area contributed by atoms with E-state index in [-0.39, 0.29) is 45.3 Å². The summed E-state index contributed by atoms with van der Waals surface area (Å²) in [6.45, 7) is 2.91. The van der Waals surface area contributed by atoms with Gasteiger partial charge >= 0.3 is 18.8 Å². The molecule has 5 rings (SSSR count). The molecule has 2 aromatic carbocycles. The topological polar surface area (TPSA) is 143 Å². The number of anilines is 1. The number of carbonyl (C=O) groups is 2. The number of amidine groups is 1. The SMILES string of the molecule is C=NN(C(=NC)C(F)F)c1cc([C@@H](COC(=O)NC2(C(F)(F)F)CC2)N2C(=O)[C@@](CC(C)C)(c3ccc(-c4cnn(C(F)F)c4)cc3F)N=C2N)ccc1Cl. The van der Waals surface area contributed by atoms with Crippen LogP contribution in [-0.2, 0) is 15.1 Å². The maximum absolute atomic E-state index is 16.2. The van der Waals surface area contributed by atoms with Crippen molar-refractivity contribution in [3.05, 3.63) is 70.8 Å². The maximum atomic E-state index is 16.2. The third-order valence-corrected chi connectivity index (χ3v) is 9.38. The highest BCUT2D eigenvalue weighted by atomic mass is 35.5. The van der Waals surface area contributed by atoms with Crippen LogP contribution in [0.25, 0.3) is 11.1 Å². The molecule has 0 unspecified atom stereocenters. The van der Waals surface area contributed by atoms with Gasteiger partial charge in [-0.1, -0.05) is 43.6 Å². The van der Waals surface area contributed by atoms with Gasteiger partial charge in [0.2, 0.25) is 0 Å². The van der Waals surface area contributed by atoms with E-state index in [1.54, 1.807) is 13.8 Å². The van der Waals surface area contributed by atoms with Gasteiger partial charge in [-0.15, -0.1) is 0 Å². The summed E-state index contributed by atoms with van der Waals surface area (Å²) >= 11 is 6.38. The second kappa shape index (κ2) is 15.5. The second-order valence-corrected chi connectivity index (χ2v) is 13.6. The van der Waals surface area contributed by atoms with Gasteiger partial charge in [0.1, 0.15) is 18.0 Å². The number of hydrogen-bond donors (Lipinski definition) is 2. The van der Waals surface area contributed by atoms with Gasteiger partial charge < -0.3 is 15.8 Å². The number of guanidine groups is 1. The van der Waals surface area contributed by atoms with Crippen molar-refractivity contribution in [1.29, 1.82) is 0 Å². The molecule has 0 radical (unpaired) electrons. The van der Waals surface area contributed by atoms with Gasteiger partial charge in [0.05, 0.1) is 22.9 Å². The fourth-order valence-corrected chi connectivity index (χ4v) is 6.50. The van der Waals surface area contributed by atoms with Gasteiger partial charge in [-0.25, -0.2) is 32.6 Å². The van der Waals surface area contributed by atoms with Crippen LogP contribution in [0.2, 0.25) is 5.02 Å². The van der Waals surface area contributed by atoms with Crippen LogP contribution in [0.4, 0.5) is 45.6 Å². The zero-order chi connectivity index (χ0) is 40.6. The Morgan fingerprint density at radius 2 is 1.84 bits per heavy atom. The number of hydrogen-bond acceptors (Lipinski definition) is 8. The summed E-state index contributed by atoms with van der Waals surface area (Å²) in [6, 6.07) is 5.78. The third kappa shape index (κ3) is 7.95. The highest BCUT2D eigenvalue weighted by Crippen LogP contribution is 2.49. The number of hydrazone groups is 1. The molecule has 21 heteroatoms. The average Bonchev–Trinajstić information content (AvgIpc) is 3.64. The van der Waals surface area contributed by atoms with E-state index in [9.17, 15) is 40.3 Å². The van der Waals surface area contributed by atoms with Crippen molar-refractivity contribution in [2.75, 3.05) is 18.7 Å². The van der Waals surface area contributed by atoms with Crippen molar-refractivity contribution in [1.82, 2.24) is 20.0 Å². The van der Waals surface area contributed by atoms with E-state index in [0.29, 0.717) is 9.69 Å². The van der Waals surface area contributed by atoms with Crippen LogP contribution >= 0.6 is 11.6 Å². The summed E-state index contributed by atoms with van der Waals surface area (Å²) < 4.78 is 117. The van der Waals surface area contributed by atoms with E-state index in [1.807, 2.05) is 5.32 Å². The van der Waals surface area contributed by atoms with Crippen LogP contribution < -0.4 is 16.1 Å². The summed E-state index contributed by atoms with van der Waals surface area (Å²) in [7, 11) is 1.07. The van der Waals surface area contributed by atoms with E-state index in [4.69, 9.17) is 22.1 Å². The first kappa shape index (κ1) is 40.9. The average molecular weight is 804 g/mol. The molecule has 0 bridgehead atoms. The van der Waals surface area contributed by atoms with E-state index in [0.717, 1.165) is 30.4 Å². The standard InChI is InChI=1S/C34H34ClF8N9O3/c1-17(2)13-33(21-7-5-18(11-23(21)36)20-14-47-50(15-20)29(39)40)28(53)51(30(44)48-33)25(16-55-31(54)49-32(9-10-32)34(41,42)43)19-6-8-22(35)24(12-19)52(46-4)27(45-3)26(37)38/h5-8,11-12,14-15,17,25-26,29H,4,9-10,13,16H2,1-3H3,(H2,44,48)(H,49,54)/t25-,33-/m1/s1. The quantitative estimate of drug-likeness (QED) is 0.0798. The molecular weight excluding hydrogens is 770 g/mol. The van der Waals surface area contributed by atoms with E-state index in [1.165, 1.54) is 30.3 Å². The maximum Gasteiger partial charge on any atom is 0.411 e. The van der Waals surface area contributed by atoms with Crippen molar-refractivity contribution >= 4 is 47.8 Å². The molecule has 12 nitrogen and oxygen atoms in total. The molecule has 1 aliphatic heterocycles. The van der Waals surface area contributed by atoms with Gasteiger partial charge in [0.15, 0.2) is 17.3 Å². The van der Waals surface area contributed by atoms with Gasteiger partial charge in [-0.05, 0) is 54.5 Å². The number of alkyl halides is 7. The number of nitrogens with one attached hydrogen (secondary N) is 1. The Labute approximate surface area is 313 Å². The normalized spacial score (nSPS) is 18.9. The molecule has 0 saturated heterocycles. The van der Waals surface area contributed by atoms with Gasteiger partial charge in [0.25, 0.3) is 12.3 Å². The fourth-order valence-electron chi connectivity index (χ4n) is 6.30. The van der Waals surface area contributed by atoms with Crippen LogP contribution in [0.3, 0.4) is 0 Å². The Morgan fingerprint density at radius 3 is 2.36 bits per heavy atom. The Hall–Kier alpha value is -5.27. The number of nitrogens with two attached hydrogens (primary N) is 1. The smallest absolute Gasteiger partial charge is 0.411 e. The number of halogens is 9. The van der Waals surface area contributed by atoms with Crippen molar-refractivity contribution in [3.8, 4) is 11.1 Å². The first-order valence-electron chi connectivity index (χ1n) is 16.4. The number of aliphatic imine (C=N–C) groups is 2. The molecule has 3 aromatic rings. The summed E-state index contributed by atoms with van der Waals surface area (Å²) in [5.74, 6) is -3.66. The number of amides is 2. The summed E-state index contributed by atoms with van der Waals surface area (Å²) in [5, 5.41) is 9.44. The molecule has 296 valence electrons. The molecule has 55 heavy (non-hydrogen) atoms. The van der Waals surface area contributed by atoms with Gasteiger partial charge in [-0.3, -0.25) is 14.7 Å². The van der Waals surface area contributed by atoms with Crippen LogP contribution in [-0.4, -0.2) is 77.0 Å². The second-order valence-electron chi connectivity index (χ2n) is 13.2. The van der Waals surface area contributed by atoms with Crippen LogP contribution in [0.1, 0.15) is 56.8 Å². The molecule has 2 heterocycles. The number of alkyl carbamates (subject to hydrolysis) is 1. The number of rotatable bonds is 13. The first-order chi connectivity index (χ1) is 25.8. The highest BCUT2D eigenvalue weighted by molar-refractivity contribution is 6.34. The van der Waals surface area contributed by atoms with E-state index >= 15 is 4.39 Å². The molecule has 1 saturated carbocycles. The number of benzene rings is 2. The zero-order valence-corrected chi connectivity index (χ0v) is 30.1. The van der Waals surface area contributed by atoms with Crippen molar-refractivity contribution < 1.29 is 49.4 Å². The Bertz CT molecular complexity index is 2020. The molecule has 1 aliphatic carbocycles. The Morgan fingerprint density at radius 1 is 1.15 bits per heavy atom. The van der Waals surface area contributed by atoms with Crippen LogP contribution in [0.5, 0.6) is 0 Å². The van der Waals surface area contributed by atoms with E-state index < -0.39 is 85.3 Å². The summed E-state index contributed by atoms with van der Waals surface area (Å²) in [4.78, 5) is 36.4. The predicted octanol–water partition coefficient (Wildman–Crippen LogP) is 7.41. The lowest BCUT2D eigenvalue weighted by molar-refractivity contribution is -0.164. The number of carbonyl (C=O) groups excluding carboxylic acids is 2. The highest BCUT2D eigenvalue weighted by Gasteiger charge is 2.64. The van der Waals surface area contributed by atoms with Crippen LogP contribution in [0.15, 0.2) is 63.9 Å². The lowest BCUT2D eigenvalue weighted by atomic mass is 9.81. The van der Waals surface area contributed by atoms with Crippen LogP contribution in [0, 0.1) is 11.7 Å². The molecule has 2 atom stereocenters. The molecule has 0 spiro atoms. The number of aromatic nitrogens is 2. The monoisotopic (exact) mass is 803 g/mol. The van der Waals surface area contributed by atoms with Gasteiger partial charge in [-0.2, -0.15) is 32.2 Å². The predicted molar refractivity (Wildman–Crippen MR) is 187 cm³/mol. The summed E-state index contributed by atoms with van der Waals surface area (Å²) in [6.07, 6.45) is -8.28. The molecular formula is C34H34ClF8N9O3. The number of nitrogens with zero attached hydrogens (tertiary/aromatic N) is 7. The Kier molecular flexibility index (Phi) is 11.5. The Balaban J connectivity index is 1.59. The van der Waals surface area contributed by atoms with E-state index in [2.05, 4.69) is 26.9 Å². The molecule has 2 amide bonds. The van der Waals surface area contributed by atoms with Gasteiger partial charge in [0, 0.05) is 31.1 Å². The lowest BCUT2D eigenvalue weighted by Gasteiger charge is -2.33. The molecule has 2 aliphatic rings. The minimum absolute atomic E-state index is 0.0127. The molecule has 1 aromatic heterocycles. The minimum atomic E-state index is -4.79. The lowest BCUT2D eigenvalue weighted by Crippen LogP contribution is -2.49. The number of ether oxygens (including phenoxy) is 1. The van der Waals surface area contributed by atoms with Crippen molar-refractivity contribution in [3.63, 3.8) is 0 Å². The van der Waals surface area contributed by atoms with Crippen molar-refractivity contribution in [2.45, 2.75) is 69.4 Å². The zero-order valence-electron chi connectivity index (χ0n) is 29.3. The first-order valence-corrected chi connectivity index (χ1v) is 16.8. The molecule has 1 fully saturated rings. The fraction of sp³-hybridized carbons (Fsp3) is 0.412. The largest absolute Gasteiger partial charge is 0.447 e. The van der Waals surface area contributed by atoms with Crippen molar-refractivity contribution in [2.24, 2.45) is 26.7 Å². The third-order valence-electron chi connectivity index (χ3n) is 9.06. The molecule has 3 N–H and O–H groups in total. The summed E-state index contributed by atoms with van der Waals surface area (Å²) in [5.41, 5.74) is 1.61. The minimum Gasteiger partial charge on any atom is -0.447 e.